The Morgan fingerprint density at radius 1 is 1.33 bits per heavy atom. The van der Waals surface area contributed by atoms with Gasteiger partial charge in [-0.15, -0.1) is 17.8 Å². The summed E-state index contributed by atoms with van der Waals surface area (Å²) in [6.45, 7) is 0.514. The van der Waals surface area contributed by atoms with Crippen LogP contribution in [0.2, 0.25) is 0 Å². The van der Waals surface area contributed by atoms with Crippen LogP contribution >= 0.6 is 11.3 Å². The van der Waals surface area contributed by atoms with Crippen LogP contribution in [0.25, 0.3) is 0 Å². The highest BCUT2D eigenvalue weighted by Gasteiger charge is 2.24. The van der Waals surface area contributed by atoms with E-state index in [0.29, 0.717) is 35.0 Å². The molecule has 0 aliphatic carbocycles. The van der Waals surface area contributed by atoms with Crippen LogP contribution in [0.3, 0.4) is 0 Å². The number of carbonyl (C=O) groups excluding carboxylic acids is 3. The highest BCUT2D eigenvalue weighted by molar-refractivity contribution is 7.14. The van der Waals surface area contributed by atoms with Gasteiger partial charge in [-0.3, -0.25) is 19.3 Å². The maximum atomic E-state index is 12.0. The van der Waals surface area contributed by atoms with Gasteiger partial charge in [0.05, 0.1) is 18.7 Å². The van der Waals surface area contributed by atoms with E-state index >= 15 is 0 Å². The standard InChI is InChI=1S/C19H18N4O3S/c1-2-13-5-3-6-14(9-13)21-17(25)11-20-16(24)10-15-12-27-19(22-15)23-8-4-7-18(23)26/h1,3,5-6,9,12H,4,7-8,10-11H2,(H,20,24)(H,21,25). The van der Waals surface area contributed by atoms with Gasteiger partial charge in [0, 0.05) is 29.6 Å². The van der Waals surface area contributed by atoms with E-state index in [0.717, 1.165) is 6.42 Å². The Kier molecular flexibility index (Phi) is 5.84. The van der Waals surface area contributed by atoms with Gasteiger partial charge in [0.15, 0.2) is 5.13 Å². The van der Waals surface area contributed by atoms with Crippen molar-refractivity contribution in [3.63, 3.8) is 0 Å². The van der Waals surface area contributed by atoms with Gasteiger partial charge in [0.25, 0.3) is 0 Å². The van der Waals surface area contributed by atoms with Gasteiger partial charge in [-0.1, -0.05) is 12.0 Å². The molecule has 1 saturated heterocycles. The predicted octanol–water partition coefficient (Wildman–Crippen LogP) is 1.55. The minimum atomic E-state index is -0.348. The Hall–Kier alpha value is -3.18. The number of anilines is 2. The van der Waals surface area contributed by atoms with Gasteiger partial charge in [-0.05, 0) is 24.6 Å². The van der Waals surface area contributed by atoms with Crippen LogP contribution < -0.4 is 15.5 Å². The summed E-state index contributed by atoms with van der Waals surface area (Å²) in [5, 5.41) is 7.61. The molecule has 1 fully saturated rings. The van der Waals surface area contributed by atoms with Crippen LogP contribution in [-0.2, 0) is 20.8 Å². The summed E-state index contributed by atoms with van der Waals surface area (Å²) in [4.78, 5) is 41.7. The van der Waals surface area contributed by atoms with Crippen molar-refractivity contribution in [1.29, 1.82) is 0 Å². The van der Waals surface area contributed by atoms with E-state index in [1.807, 2.05) is 0 Å². The maximum absolute atomic E-state index is 12.0. The Labute approximate surface area is 160 Å². The molecule has 0 saturated carbocycles. The quantitative estimate of drug-likeness (QED) is 0.742. The third kappa shape index (κ3) is 4.92. The summed E-state index contributed by atoms with van der Waals surface area (Å²) in [5.74, 6) is 1.89. The number of carbonyl (C=O) groups is 3. The summed E-state index contributed by atoms with van der Waals surface area (Å²) in [7, 11) is 0. The zero-order valence-corrected chi connectivity index (χ0v) is 15.3. The number of rotatable bonds is 6. The molecule has 3 amide bonds. The fourth-order valence-corrected chi connectivity index (χ4v) is 3.52. The first-order valence-electron chi connectivity index (χ1n) is 8.43. The third-order valence-electron chi connectivity index (χ3n) is 3.94. The smallest absolute Gasteiger partial charge is 0.243 e. The van der Waals surface area contributed by atoms with E-state index in [2.05, 4.69) is 21.5 Å². The van der Waals surface area contributed by atoms with Crippen molar-refractivity contribution in [1.82, 2.24) is 10.3 Å². The minimum absolute atomic E-state index is 0.0540. The lowest BCUT2D eigenvalue weighted by Gasteiger charge is -2.10. The lowest BCUT2D eigenvalue weighted by molar-refractivity contribution is -0.123. The van der Waals surface area contributed by atoms with Gasteiger partial charge in [-0.25, -0.2) is 4.98 Å². The highest BCUT2D eigenvalue weighted by Crippen LogP contribution is 2.25. The largest absolute Gasteiger partial charge is 0.347 e. The lowest BCUT2D eigenvalue weighted by atomic mass is 10.2. The monoisotopic (exact) mass is 382 g/mol. The molecule has 2 N–H and O–H groups in total. The Bertz CT molecular complexity index is 916. The number of hydrogen-bond donors (Lipinski definition) is 2. The molecule has 8 heteroatoms. The van der Waals surface area contributed by atoms with Crippen LogP contribution in [0.15, 0.2) is 29.6 Å². The number of nitrogens with one attached hydrogen (secondary N) is 2. The number of benzene rings is 1. The zero-order valence-electron chi connectivity index (χ0n) is 14.5. The van der Waals surface area contributed by atoms with Crippen LogP contribution in [0.5, 0.6) is 0 Å². The van der Waals surface area contributed by atoms with Crippen LogP contribution in [0.1, 0.15) is 24.1 Å². The van der Waals surface area contributed by atoms with Crippen molar-refractivity contribution in [2.45, 2.75) is 19.3 Å². The molecule has 2 aromatic rings. The molecule has 7 nitrogen and oxygen atoms in total. The molecule has 0 unspecified atom stereocenters. The van der Waals surface area contributed by atoms with E-state index in [-0.39, 0.29) is 30.7 Å². The summed E-state index contributed by atoms with van der Waals surface area (Å²) in [6.07, 6.45) is 6.74. The Balaban J connectivity index is 1.47. The van der Waals surface area contributed by atoms with E-state index < -0.39 is 0 Å². The molecule has 0 bridgehead atoms. The van der Waals surface area contributed by atoms with Crippen molar-refractivity contribution >= 4 is 39.9 Å². The highest BCUT2D eigenvalue weighted by atomic mass is 32.1. The van der Waals surface area contributed by atoms with Crippen LogP contribution in [0, 0.1) is 12.3 Å². The number of nitrogens with zero attached hydrogens (tertiary/aromatic N) is 2. The molecular weight excluding hydrogens is 364 g/mol. The Morgan fingerprint density at radius 3 is 2.93 bits per heavy atom. The number of terminal acetylenes is 1. The summed E-state index contributed by atoms with van der Waals surface area (Å²) >= 11 is 1.34. The first-order chi connectivity index (χ1) is 13.0. The lowest BCUT2D eigenvalue weighted by Crippen LogP contribution is -2.33. The Morgan fingerprint density at radius 2 is 2.19 bits per heavy atom. The summed E-state index contributed by atoms with van der Waals surface area (Å²) in [6, 6.07) is 6.90. The van der Waals surface area contributed by atoms with Crippen molar-refractivity contribution in [2.75, 3.05) is 23.3 Å². The SMILES string of the molecule is C#Cc1cccc(NC(=O)CNC(=O)Cc2csc(N3CCCC3=O)n2)c1. The first-order valence-corrected chi connectivity index (χ1v) is 9.31. The molecule has 1 aliphatic rings. The molecule has 3 rings (SSSR count). The van der Waals surface area contributed by atoms with Crippen molar-refractivity contribution in [2.24, 2.45) is 0 Å². The second kappa shape index (κ2) is 8.47. The van der Waals surface area contributed by atoms with Crippen molar-refractivity contribution < 1.29 is 14.4 Å². The number of aromatic nitrogens is 1. The predicted molar refractivity (Wildman–Crippen MR) is 103 cm³/mol. The molecule has 138 valence electrons. The van der Waals surface area contributed by atoms with Gasteiger partial charge < -0.3 is 10.6 Å². The maximum Gasteiger partial charge on any atom is 0.243 e. The molecular formula is C19H18N4O3S. The summed E-state index contributed by atoms with van der Waals surface area (Å²) in [5.41, 5.74) is 1.81. The van der Waals surface area contributed by atoms with E-state index in [1.54, 1.807) is 34.5 Å². The van der Waals surface area contributed by atoms with Crippen molar-refractivity contribution in [3.8, 4) is 12.3 Å². The average molecular weight is 382 g/mol. The molecule has 2 heterocycles. The van der Waals surface area contributed by atoms with Gasteiger partial charge in [0.2, 0.25) is 17.7 Å². The van der Waals surface area contributed by atoms with Gasteiger partial charge in [-0.2, -0.15) is 0 Å². The van der Waals surface area contributed by atoms with E-state index in [4.69, 9.17) is 6.42 Å². The van der Waals surface area contributed by atoms with E-state index in [1.165, 1.54) is 11.3 Å². The fraction of sp³-hybridized carbons (Fsp3) is 0.263. The van der Waals surface area contributed by atoms with Gasteiger partial charge >= 0.3 is 0 Å². The minimum Gasteiger partial charge on any atom is -0.347 e. The van der Waals surface area contributed by atoms with Crippen LogP contribution in [-0.4, -0.2) is 35.8 Å². The number of thiazole rings is 1. The van der Waals surface area contributed by atoms with Crippen LogP contribution in [0.4, 0.5) is 10.8 Å². The molecule has 1 aromatic carbocycles. The first kappa shape index (κ1) is 18.6. The molecule has 1 aliphatic heterocycles. The van der Waals surface area contributed by atoms with Crippen molar-refractivity contribution in [3.05, 3.63) is 40.9 Å². The second-order valence-corrected chi connectivity index (χ2v) is 6.83. The van der Waals surface area contributed by atoms with E-state index in [9.17, 15) is 14.4 Å². The zero-order chi connectivity index (χ0) is 19.2. The van der Waals surface area contributed by atoms with Gasteiger partial charge in [0.1, 0.15) is 0 Å². The molecule has 0 spiro atoms. The average Bonchev–Trinajstić information content (AvgIpc) is 3.28. The molecule has 1 aromatic heterocycles. The molecule has 0 atom stereocenters. The second-order valence-electron chi connectivity index (χ2n) is 6.00. The normalized spacial score (nSPS) is 13.3. The summed E-state index contributed by atoms with van der Waals surface area (Å²) < 4.78 is 0. The molecule has 27 heavy (non-hydrogen) atoms. The topological polar surface area (TPSA) is 91.4 Å². The third-order valence-corrected chi connectivity index (χ3v) is 4.86. The number of hydrogen-bond acceptors (Lipinski definition) is 5. The molecule has 0 radical (unpaired) electrons. The number of amides is 3. The fourth-order valence-electron chi connectivity index (χ4n) is 2.65.